The van der Waals surface area contributed by atoms with Crippen LogP contribution in [0.2, 0.25) is 0 Å². The zero-order valence-corrected chi connectivity index (χ0v) is 12.6. The number of sulfonamides is 1. The minimum absolute atomic E-state index is 0.132. The molecule has 2 fully saturated rings. The summed E-state index contributed by atoms with van der Waals surface area (Å²) in [6, 6.07) is 3.08. The van der Waals surface area contributed by atoms with Crippen LogP contribution in [0.1, 0.15) is 12.8 Å². The van der Waals surface area contributed by atoms with Gasteiger partial charge in [0.15, 0.2) is 4.90 Å². The molecule has 2 aliphatic heterocycles. The Balaban J connectivity index is 1.99. The lowest BCUT2D eigenvalue weighted by atomic mass is 9.87. The fourth-order valence-electron chi connectivity index (χ4n) is 3.27. The van der Waals surface area contributed by atoms with Crippen molar-refractivity contribution in [3.63, 3.8) is 0 Å². The molecule has 120 valence electrons. The van der Waals surface area contributed by atoms with Gasteiger partial charge in [-0.15, -0.1) is 0 Å². The number of halogens is 1. The highest BCUT2D eigenvalue weighted by molar-refractivity contribution is 7.89. The number of nitrogens with zero attached hydrogens (tertiary/aromatic N) is 2. The minimum atomic E-state index is -4.22. The van der Waals surface area contributed by atoms with Crippen LogP contribution in [-0.4, -0.2) is 43.8 Å². The van der Waals surface area contributed by atoms with Gasteiger partial charge in [-0.3, -0.25) is 10.1 Å². The Morgan fingerprint density at radius 3 is 2.77 bits per heavy atom. The molecule has 1 atom stereocenters. The first-order valence-electron chi connectivity index (χ1n) is 7.00. The van der Waals surface area contributed by atoms with E-state index in [0.29, 0.717) is 6.42 Å². The summed E-state index contributed by atoms with van der Waals surface area (Å²) >= 11 is 0. The summed E-state index contributed by atoms with van der Waals surface area (Å²) in [6.07, 6.45) is 1.54. The van der Waals surface area contributed by atoms with Crippen LogP contribution < -0.4 is 5.32 Å². The van der Waals surface area contributed by atoms with Gasteiger partial charge < -0.3 is 5.32 Å². The molecule has 9 heteroatoms. The molecule has 2 aliphatic rings. The average Bonchev–Trinajstić information content (AvgIpc) is 3.09. The molecule has 7 nitrogen and oxygen atoms in total. The van der Waals surface area contributed by atoms with Gasteiger partial charge in [0.05, 0.1) is 4.92 Å². The molecule has 22 heavy (non-hydrogen) atoms. The first-order chi connectivity index (χ1) is 10.4. The van der Waals surface area contributed by atoms with Gasteiger partial charge in [-0.05, 0) is 30.9 Å². The van der Waals surface area contributed by atoms with E-state index in [1.54, 1.807) is 0 Å². The maximum absolute atomic E-state index is 14.0. The van der Waals surface area contributed by atoms with Crippen LogP contribution in [0, 0.1) is 21.3 Å². The molecule has 1 unspecified atom stereocenters. The average molecular weight is 329 g/mol. The number of rotatable bonds is 3. The van der Waals surface area contributed by atoms with Crippen molar-refractivity contribution < 1.29 is 17.7 Å². The SMILES string of the molecule is O=[N+]([O-])c1cccc(F)c1S(=O)(=O)N1CCC2(CCNC2)C1. The van der Waals surface area contributed by atoms with Gasteiger partial charge in [0.25, 0.3) is 15.7 Å². The molecule has 1 aromatic rings. The van der Waals surface area contributed by atoms with Gasteiger partial charge in [0.2, 0.25) is 0 Å². The molecule has 3 rings (SSSR count). The highest BCUT2D eigenvalue weighted by atomic mass is 32.2. The van der Waals surface area contributed by atoms with Crippen molar-refractivity contribution in [2.24, 2.45) is 5.41 Å². The fourth-order valence-corrected chi connectivity index (χ4v) is 5.02. The third-order valence-electron chi connectivity index (χ3n) is 4.48. The molecular formula is C13H16FN3O4S. The van der Waals surface area contributed by atoms with Crippen LogP contribution in [-0.2, 0) is 10.0 Å². The summed E-state index contributed by atoms with van der Waals surface area (Å²) in [5.41, 5.74) is -0.849. The second-order valence-corrected chi connectivity index (χ2v) is 7.74. The van der Waals surface area contributed by atoms with Crippen molar-refractivity contribution in [1.29, 1.82) is 0 Å². The molecule has 1 aromatic carbocycles. The first kappa shape index (κ1) is 15.3. The van der Waals surface area contributed by atoms with E-state index in [2.05, 4.69) is 5.32 Å². The van der Waals surface area contributed by atoms with Crippen molar-refractivity contribution in [2.45, 2.75) is 17.7 Å². The molecule has 0 amide bonds. The molecule has 0 radical (unpaired) electrons. The van der Waals surface area contributed by atoms with Crippen molar-refractivity contribution in [3.05, 3.63) is 34.1 Å². The van der Waals surface area contributed by atoms with E-state index in [4.69, 9.17) is 0 Å². The summed E-state index contributed by atoms with van der Waals surface area (Å²) < 4.78 is 40.5. The van der Waals surface area contributed by atoms with Crippen molar-refractivity contribution in [3.8, 4) is 0 Å². The van der Waals surface area contributed by atoms with Crippen LogP contribution in [0.15, 0.2) is 23.1 Å². The molecular weight excluding hydrogens is 313 g/mol. The largest absolute Gasteiger partial charge is 0.316 e. The third-order valence-corrected chi connectivity index (χ3v) is 6.39. The van der Waals surface area contributed by atoms with Gasteiger partial charge in [0.1, 0.15) is 5.82 Å². The van der Waals surface area contributed by atoms with Crippen LogP contribution in [0.3, 0.4) is 0 Å². The van der Waals surface area contributed by atoms with E-state index in [9.17, 15) is 22.9 Å². The number of nitrogens with one attached hydrogen (secondary N) is 1. The van der Waals surface area contributed by atoms with Crippen LogP contribution in [0.4, 0.5) is 10.1 Å². The Morgan fingerprint density at radius 2 is 2.14 bits per heavy atom. The van der Waals surface area contributed by atoms with Crippen molar-refractivity contribution in [2.75, 3.05) is 26.2 Å². The van der Waals surface area contributed by atoms with Crippen molar-refractivity contribution >= 4 is 15.7 Å². The van der Waals surface area contributed by atoms with E-state index < -0.39 is 31.3 Å². The molecule has 1 spiro atoms. The Bertz CT molecular complexity index is 716. The molecule has 0 saturated carbocycles. The smallest absolute Gasteiger partial charge is 0.292 e. The summed E-state index contributed by atoms with van der Waals surface area (Å²) in [5.74, 6) is -1.08. The van der Waals surface area contributed by atoms with E-state index in [0.717, 1.165) is 37.7 Å². The number of nitro benzene ring substituents is 1. The van der Waals surface area contributed by atoms with Gasteiger partial charge in [-0.2, -0.15) is 4.31 Å². The minimum Gasteiger partial charge on any atom is -0.316 e. The number of hydrogen-bond acceptors (Lipinski definition) is 5. The third kappa shape index (κ3) is 2.38. The zero-order chi connectivity index (χ0) is 16.0. The van der Waals surface area contributed by atoms with Gasteiger partial charge in [0, 0.05) is 25.7 Å². The van der Waals surface area contributed by atoms with Crippen molar-refractivity contribution in [1.82, 2.24) is 9.62 Å². The molecule has 0 bridgehead atoms. The Morgan fingerprint density at radius 1 is 1.36 bits per heavy atom. The maximum Gasteiger partial charge on any atom is 0.292 e. The monoisotopic (exact) mass is 329 g/mol. The lowest BCUT2D eigenvalue weighted by Crippen LogP contribution is -2.34. The van der Waals surface area contributed by atoms with Gasteiger partial charge in [-0.25, -0.2) is 12.8 Å². The lowest BCUT2D eigenvalue weighted by Gasteiger charge is -2.22. The first-order valence-corrected chi connectivity index (χ1v) is 8.44. The Hall–Kier alpha value is -1.58. The molecule has 1 N–H and O–H groups in total. The van der Waals surface area contributed by atoms with Crippen LogP contribution in [0.25, 0.3) is 0 Å². The highest BCUT2D eigenvalue weighted by Gasteiger charge is 2.46. The predicted molar refractivity (Wildman–Crippen MR) is 76.3 cm³/mol. The van der Waals surface area contributed by atoms with E-state index in [1.165, 1.54) is 4.31 Å². The summed E-state index contributed by atoms with van der Waals surface area (Å²) in [5, 5.41) is 14.2. The fraction of sp³-hybridized carbons (Fsp3) is 0.538. The predicted octanol–water partition coefficient (Wildman–Crippen LogP) is 1.11. The lowest BCUT2D eigenvalue weighted by molar-refractivity contribution is -0.388. The number of nitro groups is 1. The van der Waals surface area contributed by atoms with E-state index in [-0.39, 0.29) is 18.5 Å². The zero-order valence-electron chi connectivity index (χ0n) is 11.8. The quantitative estimate of drug-likeness (QED) is 0.662. The van der Waals surface area contributed by atoms with Gasteiger partial charge >= 0.3 is 0 Å². The second-order valence-electron chi connectivity index (χ2n) is 5.86. The number of benzene rings is 1. The standard InChI is InChI=1S/C13H16FN3O4S/c14-10-2-1-3-11(17(18)19)12(10)22(20,21)16-7-5-13(9-16)4-6-15-8-13/h1-3,15H,4-9H2. The maximum atomic E-state index is 14.0. The highest BCUT2D eigenvalue weighted by Crippen LogP contribution is 2.40. The topological polar surface area (TPSA) is 92.5 Å². The normalized spacial score (nSPS) is 25.9. The van der Waals surface area contributed by atoms with Gasteiger partial charge in [-0.1, -0.05) is 6.07 Å². The second kappa shape index (κ2) is 5.25. The Kier molecular flexibility index (Phi) is 3.66. The van der Waals surface area contributed by atoms with E-state index >= 15 is 0 Å². The molecule has 0 aromatic heterocycles. The molecule has 2 saturated heterocycles. The van der Waals surface area contributed by atoms with E-state index in [1.807, 2.05) is 0 Å². The summed E-state index contributed by atoms with van der Waals surface area (Å²) in [6.45, 7) is 2.08. The summed E-state index contributed by atoms with van der Waals surface area (Å²) in [4.78, 5) is 9.34. The molecule has 0 aliphatic carbocycles. The number of hydrogen-bond donors (Lipinski definition) is 1. The van der Waals surface area contributed by atoms with Crippen LogP contribution in [0.5, 0.6) is 0 Å². The Labute approximate surface area is 127 Å². The summed E-state index contributed by atoms with van der Waals surface area (Å²) in [7, 11) is -4.22. The van der Waals surface area contributed by atoms with Crippen LogP contribution >= 0.6 is 0 Å². The molecule has 2 heterocycles.